The summed E-state index contributed by atoms with van der Waals surface area (Å²) in [5, 5.41) is 3.39. The van der Waals surface area contributed by atoms with E-state index in [1.54, 1.807) is 11.3 Å². The highest BCUT2D eigenvalue weighted by Crippen LogP contribution is 2.34. The van der Waals surface area contributed by atoms with Gasteiger partial charge in [-0.1, -0.05) is 0 Å². The highest BCUT2D eigenvalue weighted by molar-refractivity contribution is 9.12. The fourth-order valence-electron chi connectivity index (χ4n) is 2.68. The second-order valence-electron chi connectivity index (χ2n) is 4.63. The second kappa shape index (κ2) is 5.79. The first-order valence-corrected chi connectivity index (χ1v) is 8.00. The van der Waals surface area contributed by atoms with Crippen LogP contribution in [0.25, 0.3) is 0 Å². The standard InChI is InChI=1S/C11H12Br2N2OS.ClH/c12-9-1-8(10(13)17-9)11(16)15-4-6-2-14-3-7(6)5-15;/h1,6-7,14H,2-5H2;1H/t6-,7+;. The van der Waals surface area contributed by atoms with E-state index in [1.165, 1.54) is 0 Å². The van der Waals surface area contributed by atoms with E-state index in [1.807, 2.05) is 11.0 Å². The molecule has 2 aliphatic rings. The van der Waals surface area contributed by atoms with E-state index in [-0.39, 0.29) is 18.3 Å². The van der Waals surface area contributed by atoms with Crippen LogP contribution in [0.1, 0.15) is 10.4 Å². The number of halogens is 3. The molecule has 2 atom stereocenters. The van der Waals surface area contributed by atoms with Gasteiger partial charge in [-0.05, 0) is 49.8 Å². The van der Waals surface area contributed by atoms with Crippen molar-refractivity contribution in [2.45, 2.75) is 0 Å². The van der Waals surface area contributed by atoms with Crippen LogP contribution in [0.3, 0.4) is 0 Å². The van der Waals surface area contributed by atoms with Gasteiger partial charge in [-0.25, -0.2) is 0 Å². The summed E-state index contributed by atoms with van der Waals surface area (Å²) in [4.78, 5) is 14.4. The van der Waals surface area contributed by atoms with Gasteiger partial charge in [-0.2, -0.15) is 0 Å². The molecule has 1 amide bonds. The minimum absolute atomic E-state index is 0. The van der Waals surface area contributed by atoms with Crippen LogP contribution in [0.2, 0.25) is 0 Å². The lowest BCUT2D eigenvalue weighted by Crippen LogP contribution is -2.31. The molecule has 0 spiro atoms. The van der Waals surface area contributed by atoms with Gasteiger partial charge >= 0.3 is 0 Å². The van der Waals surface area contributed by atoms with Crippen LogP contribution < -0.4 is 5.32 Å². The van der Waals surface area contributed by atoms with Crippen molar-refractivity contribution in [1.82, 2.24) is 10.2 Å². The fraction of sp³-hybridized carbons (Fsp3) is 0.545. The molecule has 2 fully saturated rings. The molecule has 1 N–H and O–H groups in total. The van der Waals surface area contributed by atoms with Gasteiger partial charge in [0.15, 0.2) is 0 Å². The molecule has 0 radical (unpaired) electrons. The van der Waals surface area contributed by atoms with Gasteiger partial charge in [0, 0.05) is 26.2 Å². The molecular weight excluding hydrogens is 403 g/mol. The van der Waals surface area contributed by atoms with Crippen LogP contribution in [0.4, 0.5) is 0 Å². The quantitative estimate of drug-likeness (QED) is 0.763. The first-order chi connectivity index (χ1) is 8.15. The number of hydrogen-bond acceptors (Lipinski definition) is 3. The molecule has 18 heavy (non-hydrogen) atoms. The molecule has 3 rings (SSSR count). The van der Waals surface area contributed by atoms with Gasteiger partial charge < -0.3 is 10.2 Å². The first-order valence-electron chi connectivity index (χ1n) is 5.60. The van der Waals surface area contributed by atoms with Crippen molar-refractivity contribution in [3.63, 3.8) is 0 Å². The van der Waals surface area contributed by atoms with E-state index < -0.39 is 0 Å². The molecule has 3 nitrogen and oxygen atoms in total. The summed E-state index contributed by atoms with van der Waals surface area (Å²) in [5.74, 6) is 1.47. The summed E-state index contributed by atoms with van der Waals surface area (Å²) < 4.78 is 1.92. The Kier molecular flexibility index (Phi) is 4.75. The maximum Gasteiger partial charge on any atom is 0.255 e. The Morgan fingerprint density at radius 2 is 1.94 bits per heavy atom. The molecule has 0 saturated carbocycles. The number of nitrogens with one attached hydrogen (secondary N) is 1. The van der Waals surface area contributed by atoms with E-state index in [0.29, 0.717) is 11.8 Å². The molecule has 0 aromatic carbocycles. The number of rotatable bonds is 1. The third-order valence-electron chi connectivity index (χ3n) is 3.56. The zero-order chi connectivity index (χ0) is 12.0. The number of hydrogen-bond donors (Lipinski definition) is 1. The third-order valence-corrected chi connectivity index (χ3v) is 5.90. The van der Waals surface area contributed by atoms with Gasteiger partial charge in [0.1, 0.15) is 0 Å². The maximum atomic E-state index is 12.4. The number of carbonyl (C=O) groups excluding carboxylic acids is 1. The van der Waals surface area contributed by atoms with Crippen LogP contribution in [0.15, 0.2) is 13.6 Å². The predicted molar refractivity (Wildman–Crippen MR) is 82.7 cm³/mol. The van der Waals surface area contributed by atoms with Gasteiger partial charge in [-0.15, -0.1) is 23.7 Å². The van der Waals surface area contributed by atoms with Crippen molar-refractivity contribution >= 4 is 61.5 Å². The van der Waals surface area contributed by atoms with Crippen molar-refractivity contribution in [2.75, 3.05) is 26.2 Å². The Hall–Kier alpha value is 0.380. The Bertz CT molecular complexity index is 456. The molecule has 0 unspecified atom stereocenters. The third kappa shape index (κ3) is 2.63. The molecule has 0 bridgehead atoms. The zero-order valence-electron chi connectivity index (χ0n) is 9.49. The summed E-state index contributed by atoms with van der Waals surface area (Å²) >= 11 is 8.42. The number of likely N-dealkylation sites (tertiary alicyclic amines) is 1. The summed E-state index contributed by atoms with van der Waals surface area (Å²) in [6.07, 6.45) is 0. The molecule has 1 aromatic rings. The SMILES string of the molecule is Cl.O=C(c1cc(Br)sc1Br)N1C[C@H]2CNC[C@H]2C1. The van der Waals surface area contributed by atoms with E-state index in [2.05, 4.69) is 37.2 Å². The van der Waals surface area contributed by atoms with E-state index in [9.17, 15) is 4.79 Å². The van der Waals surface area contributed by atoms with Crippen LogP contribution in [-0.2, 0) is 0 Å². The first kappa shape index (κ1) is 14.8. The van der Waals surface area contributed by atoms with Crippen molar-refractivity contribution in [1.29, 1.82) is 0 Å². The number of carbonyl (C=O) groups is 1. The molecule has 0 aliphatic carbocycles. The molecule has 2 saturated heterocycles. The summed E-state index contributed by atoms with van der Waals surface area (Å²) in [6.45, 7) is 3.92. The highest BCUT2D eigenvalue weighted by Gasteiger charge is 2.38. The minimum atomic E-state index is 0. The van der Waals surface area contributed by atoms with Crippen LogP contribution in [-0.4, -0.2) is 37.0 Å². The number of amides is 1. The molecule has 2 aliphatic heterocycles. The minimum Gasteiger partial charge on any atom is -0.338 e. The van der Waals surface area contributed by atoms with Crippen molar-refractivity contribution in [3.05, 3.63) is 19.2 Å². The van der Waals surface area contributed by atoms with Crippen molar-refractivity contribution < 1.29 is 4.79 Å². The average molecular weight is 417 g/mol. The van der Waals surface area contributed by atoms with Gasteiger partial charge in [0.05, 0.1) is 13.1 Å². The Morgan fingerprint density at radius 3 is 2.44 bits per heavy atom. The van der Waals surface area contributed by atoms with E-state index in [4.69, 9.17) is 0 Å². The fourth-order valence-corrected chi connectivity index (χ4v) is 5.46. The average Bonchev–Trinajstić information content (AvgIpc) is 2.90. The van der Waals surface area contributed by atoms with Crippen LogP contribution >= 0.6 is 55.6 Å². The lowest BCUT2D eigenvalue weighted by atomic mass is 10.0. The molecular formula is C11H13Br2ClN2OS. The monoisotopic (exact) mass is 414 g/mol. The summed E-state index contributed by atoms with van der Waals surface area (Å²) in [7, 11) is 0. The van der Waals surface area contributed by atoms with Gasteiger partial charge in [0.2, 0.25) is 0 Å². The van der Waals surface area contributed by atoms with Gasteiger partial charge in [0.25, 0.3) is 5.91 Å². The van der Waals surface area contributed by atoms with E-state index >= 15 is 0 Å². The molecule has 100 valence electrons. The van der Waals surface area contributed by atoms with Crippen LogP contribution in [0.5, 0.6) is 0 Å². The van der Waals surface area contributed by atoms with Crippen molar-refractivity contribution in [3.8, 4) is 0 Å². The normalized spacial score (nSPS) is 26.0. The topological polar surface area (TPSA) is 32.3 Å². The maximum absolute atomic E-state index is 12.4. The van der Waals surface area contributed by atoms with Gasteiger partial charge in [-0.3, -0.25) is 4.79 Å². The Labute approximate surface area is 133 Å². The number of nitrogens with zero attached hydrogens (tertiary/aromatic N) is 1. The lowest BCUT2D eigenvalue weighted by Gasteiger charge is -2.16. The largest absolute Gasteiger partial charge is 0.338 e. The predicted octanol–water partition coefficient (Wildman–Crippen LogP) is 2.99. The highest BCUT2D eigenvalue weighted by atomic mass is 79.9. The second-order valence-corrected chi connectivity index (χ2v) is 8.38. The summed E-state index contributed by atoms with van der Waals surface area (Å²) in [5.41, 5.74) is 0.787. The Balaban J connectivity index is 0.00000120. The molecule has 1 aromatic heterocycles. The number of thiophene rings is 1. The number of fused-ring (bicyclic) bond motifs is 1. The van der Waals surface area contributed by atoms with Crippen LogP contribution in [0, 0.1) is 11.8 Å². The Morgan fingerprint density at radius 1 is 1.33 bits per heavy atom. The molecule has 7 heteroatoms. The lowest BCUT2D eigenvalue weighted by molar-refractivity contribution is 0.0781. The molecule has 3 heterocycles. The van der Waals surface area contributed by atoms with E-state index in [0.717, 1.165) is 39.3 Å². The summed E-state index contributed by atoms with van der Waals surface area (Å²) in [6, 6.07) is 1.91. The van der Waals surface area contributed by atoms with Crippen molar-refractivity contribution in [2.24, 2.45) is 11.8 Å². The smallest absolute Gasteiger partial charge is 0.255 e. The zero-order valence-corrected chi connectivity index (χ0v) is 14.3.